The summed E-state index contributed by atoms with van der Waals surface area (Å²) in [6.07, 6.45) is -0.680. The van der Waals surface area contributed by atoms with Gasteiger partial charge in [0.15, 0.2) is 5.11 Å². The van der Waals surface area contributed by atoms with Gasteiger partial charge in [-0.25, -0.2) is 0 Å². The molecule has 0 aromatic heterocycles. The molecular formula is C12H13BrCl3N3OS. The number of carbonyl (C=O) groups excluding carboxylic acids is 1. The lowest BCUT2D eigenvalue weighted by molar-refractivity contribution is -0.121. The van der Waals surface area contributed by atoms with Crippen molar-refractivity contribution in [3.05, 3.63) is 28.7 Å². The highest BCUT2D eigenvalue weighted by Crippen LogP contribution is 2.29. The van der Waals surface area contributed by atoms with Gasteiger partial charge in [-0.05, 0) is 40.3 Å². The third-order valence-electron chi connectivity index (χ3n) is 2.35. The van der Waals surface area contributed by atoms with Crippen LogP contribution in [0.3, 0.4) is 0 Å². The zero-order valence-corrected chi connectivity index (χ0v) is 15.6. The van der Waals surface area contributed by atoms with Crippen molar-refractivity contribution in [1.82, 2.24) is 10.6 Å². The minimum Gasteiger partial charge on any atom is -0.339 e. The first-order valence-electron chi connectivity index (χ1n) is 5.92. The standard InChI is InChI=1S/C12H13BrCl3N3OS/c1-2-9(20)18-10(12(14,15)16)19-11(21)17-8-6-4-3-5-7(8)13/h3-6,10H,2H2,1H3,(H,18,20)(H2,17,19,21)/t10-/m1/s1. The molecule has 0 heterocycles. The molecule has 1 atom stereocenters. The van der Waals surface area contributed by atoms with Crippen LogP contribution in [0.15, 0.2) is 28.7 Å². The molecule has 0 aliphatic heterocycles. The summed E-state index contributed by atoms with van der Waals surface area (Å²) in [5, 5.41) is 8.49. The second kappa shape index (κ2) is 8.39. The molecule has 21 heavy (non-hydrogen) atoms. The van der Waals surface area contributed by atoms with Crippen LogP contribution in [0, 0.1) is 0 Å². The topological polar surface area (TPSA) is 53.2 Å². The molecule has 1 amide bonds. The van der Waals surface area contributed by atoms with Crippen molar-refractivity contribution in [3.8, 4) is 0 Å². The van der Waals surface area contributed by atoms with Crippen molar-refractivity contribution in [2.75, 3.05) is 5.32 Å². The minimum absolute atomic E-state index is 0.217. The van der Waals surface area contributed by atoms with Crippen LogP contribution in [0.5, 0.6) is 0 Å². The van der Waals surface area contributed by atoms with E-state index in [0.29, 0.717) is 0 Å². The summed E-state index contributed by atoms with van der Waals surface area (Å²) in [5.41, 5.74) is 0.750. The number of benzene rings is 1. The van der Waals surface area contributed by atoms with Crippen molar-refractivity contribution in [1.29, 1.82) is 0 Å². The molecule has 0 spiro atoms. The molecule has 1 aromatic rings. The molecule has 1 aromatic carbocycles. The summed E-state index contributed by atoms with van der Waals surface area (Å²) in [7, 11) is 0. The van der Waals surface area contributed by atoms with Gasteiger partial charge < -0.3 is 16.0 Å². The molecule has 9 heteroatoms. The predicted molar refractivity (Wildman–Crippen MR) is 96.0 cm³/mol. The highest BCUT2D eigenvalue weighted by Gasteiger charge is 2.34. The number of thiocarbonyl (C=S) groups is 1. The van der Waals surface area contributed by atoms with Gasteiger partial charge >= 0.3 is 0 Å². The lowest BCUT2D eigenvalue weighted by atomic mass is 10.3. The lowest BCUT2D eigenvalue weighted by Gasteiger charge is -2.27. The number of hydrogen-bond donors (Lipinski definition) is 3. The zero-order chi connectivity index (χ0) is 16.0. The Morgan fingerprint density at radius 3 is 2.48 bits per heavy atom. The fraction of sp³-hybridized carbons (Fsp3) is 0.333. The molecule has 0 saturated heterocycles. The largest absolute Gasteiger partial charge is 0.339 e. The molecule has 0 aliphatic carbocycles. The molecule has 4 nitrogen and oxygen atoms in total. The van der Waals surface area contributed by atoms with Gasteiger partial charge in [-0.1, -0.05) is 53.9 Å². The molecule has 0 fully saturated rings. The molecule has 0 aliphatic rings. The molecule has 0 bridgehead atoms. The first-order valence-corrected chi connectivity index (χ1v) is 8.25. The van der Waals surface area contributed by atoms with Crippen LogP contribution in [-0.2, 0) is 4.79 Å². The number of hydrogen-bond acceptors (Lipinski definition) is 2. The summed E-state index contributed by atoms with van der Waals surface area (Å²) >= 11 is 26.1. The lowest BCUT2D eigenvalue weighted by Crippen LogP contribution is -2.56. The van der Waals surface area contributed by atoms with Gasteiger partial charge in [0.05, 0.1) is 5.69 Å². The average molecular weight is 434 g/mol. The first kappa shape index (κ1) is 18.8. The van der Waals surface area contributed by atoms with E-state index in [1.807, 2.05) is 24.3 Å². The van der Waals surface area contributed by atoms with Crippen LogP contribution in [0.25, 0.3) is 0 Å². The Hall–Kier alpha value is -0.270. The highest BCUT2D eigenvalue weighted by molar-refractivity contribution is 9.10. The number of carbonyl (C=O) groups is 1. The summed E-state index contributed by atoms with van der Waals surface area (Å²) in [6.45, 7) is 1.70. The van der Waals surface area contributed by atoms with Crippen molar-refractivity contribution < 1.29 is 4.79 Å². The monoisotopic (exact) mass is 431 g/mol. The fourth-order valence-corrected chi connectivity index (χ4v) is 2.25. The summed E-state index contributed by atoms with van der Waals surface area (Å²) in [4.78, 5) is 11.5. The Labute approximate surface area is 152 Å². The number of amides is 1. The van der Waals surface area contributed by atoms with Crippen molar-refractivity contribution in [2.24, 2.45) is 0 Å². The Kier molecular flexibility index (Phi) is 7.50. The summed E-state index contributed by atoms with van der Waals surface area (Å²) < 4.78 is -0.915. The van der Waals surface area contributed by atoms with E-state index < -0.39 is 9.96 Å². The Morgan fingerprint density at radius 1 is 1.33 bits per heavy atom. The molecule has 1 rings (SSSR count). The van der Waals surface area contributed by atoms with Crippen LogP contribution in [0.4, 0.5) is 5.69 Å². The third-order valence-corrected chi connectivity index (χ3v) is 3.92. The Balaban J connectivity index is 2.73. The second-order valence-corrected chi connectivity index (χ2v) is 7.61. The summed E-state index contributed by atoms with van der Waals surface area (Å²) in [5.74, 6) is -0.262. The number of rotatable bonds is 4. The molecule has 0 unspecified atom stereocenters. The second-order valence-electron chi connectivity index (χ2n) is 3.97. The van der Waals surface area contributed by atoms with Crippen LogP contribution in [0.1, 0.15) is 13.3 Å². The van der Waals surface area contributed by atoms with Crippen molar-refractivity contribution in [2.45, 2.75) is 23.3 Å². The smallest absolute Gasteiger partial charge is 0.228 e. The van der Waals surface area contributed by atoms with Gasteiger partial charge in [0.2, 0.25) is 9.70 Å². The minimum atomic E-state index is -1.75. The zero-order valence-electron chi connectivity index (χ0n) is 10.9. The van der Waals surface area contributed by atoms with Crippen LogP contribution >= 0.6 is 63.0 Å². The van der Waals surface area contributed by atoms with E-state index >= 15 is 0 Å². The van der Waals surface area contributed by atoms with Crippen LogP contribution < -0.4 is 16.0 Å². The van der Waals surface area contributed by atoms with E-state index in [-0.39, 0.29) is 17.4 Å². The maximum atomic E-state index is 11.5. The predicted octanol–water partition coefficient (Wildman–Crippen LogP) is 3.96. The number of alkyl halides is 3. The van der Waals surface area contributed by atoms with E-state index in [2.05, 4.69) is 31.9 Å². The fourth-order valence-electron chi connectivity index (χ4n) is 1.31. The Bertz CT molecular complexity index is 525. The van der Waals surface area contributed by atoms with Gasteiger partial charge in [-0.15, -0.1) is 0 Å². The van der Waals surface area contributed by atoms with Gasteiger partial charge in [-0.2, -0.15) is 0 Å². The number of para-hydroxylation sites is 1. The molecule has 0 saturated carbocycles. The molecular weight excluding hydrogens is 420 g/mol. The van der Waals surface area contributed by atoms with Gasteiger partial charge in [0.25, 0.3) is 0 Å². The first-order chi connectivity index (χ1) is 9.74. The maximum absolute atomic E-state index is 11.5. The quantitative estimate of drug-likeness (QED) is 0.382. The Morgan fingerprint density at radius 2 is 1.95 bits per heavy atom. The van der Waals surface area contributed by atoms with E-state index in [0.717, 1.165) is 10.2 Å². The number of nitrogens with one attached hydrogen (secondary N) is 3. The molecule has 0 radical (unpaired) electrons. The van der Waals surface area contributed by atoms with E-state index in [4.69, 9.17) is 47.0 Å². The number of anilines is 1. The molecule has 116 valence electrons. The van der Waals surface area contributed by atoms with Gasteiger partial charge in [0, 0.05) is 10.9 Å². The van der Waals surface area contributed by atoms with E-state index in [1.165, 1.54) is 0 Å². The van der Waals surface area contributed by atoms with Crippen LogP contribution in [0.2, 0.25) is 0 Å². The highest BCUT2D eigenvalue weighted by atomic mass is 79.9. The maximum Gasteiger partial charge on any atom is 0.228 e. The third kappa shape index (κ3) is 6.57. The van der Waals surface area contributed by atoms with Gasteiger partial charge in [0.1, 0.15) is 6.17 Å². The van der Waals surface area contributed by atoms with E-state index in [1.54, 1.807) is 6.92 Å². The van der Waals surface area contributed by atoms with Gasteiger partial charge in [-0.3, -0.25) is 4.79 Å². The number of halogens is 4. The van der Waals surface area contributed by atoms with Crippen molar-refractivity contribution in [3.63, 3.8) is 0 Å². The van der Waals surface area contributed by atoms with E-state index in [9.17, 15) is 4.79 Å². The summed E-state index contributed by atoms with van der Waals surface area (Å²) in [6, 6.07) is 7.40. The molecule has 3 N–H and O–H groups in total. The average Bonchev–Trinajstić information content (AvgIpc) is 2.39. The SMILES string of the molecule is CCC(=O)N[C@H](NC(=S)Nc1ccccc1Br)C(Cl)(Cl)Cl. The van der Waals surface area contributed by atoms with Crippen molar-refractivity contribution >= 4 is 79.7 Å². The normalized spacial score (nSPS) is 12.4. The van der Waals surface area contributed by atoms with Crippen LogP contribution in [-0.4, -0.2) is 21.0 Å².